The van der Waals surface area contributed by atoms with Gasteiger partial charge in [-0.15, -0.1) is 11.8 Å². The summed E-state index contributed by atoms with van der Waals surface area (Å²) in [5, 5.41) is 16.0. The number of thioether (sulfide) groups is 1. The van der Waals surface area contributed by atoms with E-state index in [1.807, 2.05) is 84.9 Å². The number of benzene rings is 3. The quantitative estimate of drug-likeness (QED) is 0.218. The molecule has 0 aliphatic carbocycles. The van der Waals surface area contributed by atoms with Crippen molar-refractivity contribution in [3.8, 4) is 11.8 Å². The van der Waals surface area contributed by atoms with Gasteiger partial charge in [0.15, 0.2) is 0 Å². The van der Waals surface area contributed by atoms with Gasteiger partial charge < -0.3 is 25.2 Å². The molecule has 0 radical (unpaired) electrons. The first-order valence-corrected chi connectivity index (χ1v) is 20.4. The standard InChI is InChI=1S/C43H51N5O5S/c1-53-38-20-9-8-19-37(38)47-25-11-10-18-35(42(47)51)45-40(49)32(27-30-13-4-2-5-14-30)22-23-33(28-31-15-6-3-7-16-31)41(50)46-36-24-26-54-39-21-12-17-34(29-44)48(39)43(36)52/h2-9,13-16,19-20,32-36,39H,10-12,17-18,21-28H2,1H3,(H,45,49)(H,46,50)/t32-,33+,34-,35-,36-,39-/m0/s1. The Kier molecular flexibility index (Phi) is 13.7. The summed E-state index contributed by atoms with van der Waals surface area (Å²) in [4.78, 5) is 59.8. The lowest BCUT2D eigenvalue weighted by atomic mass is 9.86. The second kappa shape index (κ2) is 19.0. The molecule has 3 fully saturated rings. The molecule has 10 nitrogen and oxygen atoms in total. The predicted molar refractivity (Wildman–Crippen MR) is 211 cm³/mol. The number of para-hydroxylation sites is 2. The van der Waals surface area contributed by atoms with Crippen molar-refractivity contribution in [2.24, 2.45) is 11.8 Å². The third-order valence-electron chi connectivity index (χ3n) is 10.9. The zero-order chi connectivity index (χ0) is 37.9. The molecule has 54 heavy (non-hydrogen) atoms. The minimum atomic E-state index is -0.710. The smallest absolute Gasteiger partial charge is 0.249 e. The van der Waals surface area contributed by atoms with Gasteiger partial charge in [0.05, 0.1) is 24.2 Å². The highest BCUT2D eigenvalue weighted by Gasteiger charge is 2.41. The first kappa shape index (κ1) is 38.9. The molecule has 284 valence electrons. The highest BCUT2D eigenvalue weighted by molar-refractivity contribution is 7.99. The molecule has 6 rings (SSSR count). The molecule has 3 aromatic carbocycles. The lowest BCUT2D eigenvalue weighted by Crippen LogP contribution is -2.55. The van der Waals surface area contributed by atoms with Gasteiger partial charge in [0, 0.05) is 18.4 Å². The van der Waals surface area contributed by atoms with E-state index in [-0.39, 0.29) is 29.0 Å². The Hall–Kier alpha value is -4.82. The second-order valence-corrected chi connectivity index (χ2v) is 15.9. The first-order chi connectivity index (χ1) is 26.4. The third kappa shape index (κ3) is 9.64. The van der Waals surface area contributed by atoms with E-state index in [4.69, 9.17) is 4.74 Å². The van der Waals surface area contributed by atoms with Crippen molar-refractivity contribution in [2.75, 3.05) is 24.3 Å². The van der Waals surface area contributed by atoms with Crippen LogP contribution in [0.2, 0.25) is 0 Å². The summed E-state index contributed by atoms with van der Waals surface area (Å²) in [6.45, 7) is 0.535. The number of piperidine rings is 1. The number of nitrogens with zero attached hydrogens (tertiary/aromatic N) is 3. The highest BCUT2D eigenvalue weighted by Crippen LogP contribution is 2.35. The van der Waals surface area contributed by atoms with Gasteiger partial charge in [-0.25, -0.2) is 0 Å². The van der Waals surface area contributed by atoms with Crippen LogP contribution in [0.1, 0.15) is 68.9 Å². The lowest BCUT2D eigenvalue weighted by molar-refractivity contribution is -0.140. The van der Waals surface area contributed by atoms with Crippen molar-refractivity contribution in [2.45, 2.75) is 94.1 Å². The van der Waals surface area contributed by atoms with Gasteiger partial charge in [0.2, 0.25) is 23.6 Å². The van der Waals surface area contributed by atoms with Crippen LogP contribution in [-0.4, -0.2) is 71.4 Å². The van der Waals surface area contributed by atoms with Crippen LogP contribution < -0.4 is 20.3 Å². The number of ether oxygens (including phenoxy) is 1. The number of hydrogen-bond donors (Lipinski definition) is 2. The second-order valence-electron chi connectivity index (χ2n) is 14.6. The molecule has 0 aromatic heterocycles. The minimum Gasteiger partial charge on any atom is -0.495 e. The summed E-state index contributed by atoms with van der Waals surface area (Å²) in [6.07, 6.45) is 6.73. The number of carbonyl (C=O) groups is 4. The molecule has 0 unspecified atom stereocenters. The van der Waals surface area contributed by atoms with Crippen molar-refractivity contribution >= 4 is 41.1 Å². The van der Waals surface area contributed by atoms with Gasteiger partial charge in [-0.3, -0.25) is 19.2 Å². The number of carbonyl (C=O) groups excluding carboxylic acids is 4. The Labute approximate surface area is 323 Å². The molecule has 3 aliphatic heterocycles. The van der Waals surface area contributed by atoms with Gasteiger partial charge in [0.25, 0.3) is 0 Å². The third-order valence-corrected chi connectivity index (χ3v) is 12.3. The number of amides is 4. The lowest BCUT2D eigenvalue weighted by Gasteiger charge is -2.38. The van der Waals surface area contributed by atoms with Gasteiger partial charge in [-0.05, 0) is 99.6 Å². The average Bonchev–Trinajstić information content (AvgIpc) is 3.48. The molecule has 0 spiro atoms. The Balaban J connectivity index is 1.20. The number of hydrogen-bond acceptors (Lipinski definition) is 7. The fraction of sp³-hybridized carbons (Fsp3) is 0.465. The fourth-order valence-electron chi connectivity index (χ4n) is 8.01. The number of anilines is 1. The summed E-state index contributed by atoms with van der Waals surface area (Å²) in [5.74, 6) is -0.475. The summed E-state index contributed by atoms with van der Waals surface area (Å²) in [5.41, 5.74) is 2.67. The van der Waals surface area contributed by atoms with Gasteiger partial charge >= 0.3 is 0 Å². The maximum Gasteiger partial charge on any atom is 0.249 e. The number of rotatable bonds is 13. The molecule has 11 heteroatoms. The van der Waals surface area contributed by atoms with E-state index in [1.165, 1.54) is 0 Å². The van der Waals surface area contributed by atoms with Crippen molar-refractivity contribution < 1.29 is 23.9 Å². The van der Waals surface area contributed by atoms with Crippen molar-refractivity contribution in [1.82, 2.24) is 15.5 Å². The molecule has 3 aliphatic rings. The SMILES string of the molecule is COc1ccccc1N1CCCC[C@H](NC(=O)[C@@H](CC[C@H](Cc2ccccc2)C(=O)N[C@H]2CCS[C@H]3CCC[C@@H](C#N)N3C2=O)Cc2ccccc2)C1=O. The van der Waals surface area contributed by atoms with E-state index in [1.54, 1.807) is 28.7 Å². The monoisotopic (exact) mass is 749 g/mol. The number of nitriles is 1. The van der Waals surface area contributed by atoms with Crippen molar-refractivity contribution in [1.29, 1.82) is 5.26 Å². The molecule has 4 amide bonds. The predicted octanol–water partition coefficient (Wildman–Crippen LogP) is 6.05. The van der Waals surface area contributed by atoms with Crippen LogP contribution in [0.15, 0.2) is 84.9 Å². The van der Waals surface area contributed by atoms with Crippen LogP contribution in [0, 0.1) is 23.2 Å². The van der Waals surface area contributed by atoms with E-state index < -0.39 is 30.0 Å². The maximum atomic E-state index is 14.3. The minimum absolute atomic E-state index is 0.0441. The Morgan fingerprint density at radius 1 is 0.778 bits per heavy atom. The topological polar surface area (TPSA) is 132 Å². The summed E-state index contributed by atoms with van der Waals surface area (Å²) >= 11 is 1.69. The molecule has 2 N–H and O–H groups in total. The van der Waals surface area contributed by atoms with Crippen LogP contribution >= 0.6 is 11.8 Å². The molecular formula is C43H51N5O5S. The molecule has 3 saturated heterocycles. The van der Waals surface area contributed by atoms with Crippen LogP contribution in [-0.2, 0) is 32.0 Å². The van der Waals surface area contributed by atoms with E-state index in [9.17, 15) is 24.4 Å². The Morgan fingerprint density at radius 3 is 1.98 bits per heavy atom. The summed E-state index contributed by atoms with van der Waals surface area (Å²) in [6, 6.07) is 27.5. The van der Waals surface area contributed by atoms with E-state index >= 15 is 0 Å². The summed E-state index contributed by atoms with van der Waals surface area (Å²) < 4.78 is 5.57. The van der Waals surface area contributed by atoms with E-state index in [0.717, 1.165) is 36.8 Å². The molecule has 6 atom stereocenters. The number of methoxy groups -OCH3 is 1. The van der Waals surface area contributed by atoms with Gasteiger partial charge in [-0.2, -0.15) is 5.26 Å². The van der Waals surface area contributed by atoms with Crippen molar-refractivity contribution in [3.05, 3.63) is 96.1 Å². The molecular weight excluding hydrogens is 699 g/mol. The van der Waals surface area contributed by atoms with Crippen molar-refractivity contribution in [3.63, 3.8) is 0 Å². The zero-order valence-electron chi connectivity index (χ0n) is 31.0. The largest absolute Gasteiger partial charge is 0.495 e. The summed E-state index contributed by atoms with van der Waals surface area (Å²) in [7, 11) is 1.58. The Morgan fingerprint density at radius 2 is 1.37 bits per heavy atom. The number of fused-ring (bicyclic) bond motifs is 1. The normalized spacial score (nSPS) is 22.8. The molecule has 0 saturated carbocycles. The molecule has 0 bridgehead atoms. The van der Waals surface area contributed by atoms with Crippen LogP contribution in [0.4, 0.5) is 5.69 Å². The molecule has 3 aromatic rings. The first-order valence-electron chi connectivity index (χ1n) is 19.3. The van der Waals surface area contributed by atoms with E-state index in [2.05, 4.69) is 16.7 Å². The molecule has 3 heterocycles. The average molecular weight is 750 g/mol. The van der Waals surface area contributed by atoms with E-state index in [0.29, 0.717) is 68.7 Å². The van der Waals surface area contributed by atoms with Crippen LogP contribution in [0.5, 0.6) is 5.75 Å². The van der Waals surface area contributed by atoms with Gasteiger partial charge in [0.1, 0.15) is 23.9 Å². The fourth-order valence-corrected chi connectivity index (χ4v) is 9.39. The zero-order valence-corrected chi connectivity index (χ0v) is 31.8. The van der Waals surface area contributed by atoms with Crippen LogP contribution in [0.25, 0.3) is 0 Å². The number of nitrogens with one attached hydrogen (secondary N) is 2. The van der Waals surface area contributed by atoms with Gasteiger partial charge in [-0.1, -0.05) is 72.8 Å². The maximum absolute atomic E-state index is 14.3. The Bertz CT molecular complexity index is 1790. The van der Waals surface area contributed by atoms with Crippen LogP contribution in [0.3, 0.4) is 0 Å². The highest BCUT2D eigenvalue weighted by atomic mass is 32.2.